The van der Waals surface area contributed by atoms with Crippen LogP contribution in [0.5, 0.6) is 0 Å². The lowest BCUT2D eigenvalue weighted by atomic mass is 10.1. The minimum absolute atomic E-state index is 0. The van der Waals surface area contributed by atoms with Gasteiger partial charge in [0.05, 0.1) is 11.0 Å². The van der Waals surface area contributed by atoms with Crippen molar-refractivity contribution in [2.45, 2.75) is 25.8 Å². The van der Waals surface area contributed by atoms with E-state index >= 15 is 0 Å². The molecule has 92 valence electrons. The number of aryl methyl sites for hydroxylation is 1. The molecule has 0 unspecified atom stereocenters. The largest absolute Gasteiger partial charge is 0.324 e. The van der Waals surface area contributed by atoms with Gasteiger partial charge in [-0.15, -0.1) is 12.4 Å². The number of nitrogens with one attached hydrogen (secondary N) is 1. The Labute approximate surface area is 108 Å². The summed E-state index contributed by atoms with van der Waals surface area (Å²) < 4.78 is 2.39. The minimum atomic E-state index is 0. The van der Waals surface area contributed by atoms with E-state index in [1.807, 2.05) is 0 Å². The number of aromatic nitrogens is 2. The van der Waals surface area contributed by atoms with E-state index in [4.69, 9.17) is 0 Å². The van der Waals surface area contributed by atoms with Gasteiger partial charge in [-0.1, -0.05) is 12.1 Å². The third-order valence-electron chi connectivity index (χ3n) is 3.41. The summed E-state index contributed by atoms with van der Waals surface area (Å²) >= 11 is 0. The second-order valence-corrected chi connectivity index (χ2v) is 4.52. The van der Waals surface area contributed by atoms with Crippen LogP contribution >= 0.6 is 12.4 Å². The van der Waals surface area contributed by atoms with Crippen molar-refractivity contribution in [2.75, 3.05) is 13.1 Å². The van der Waals surface area contributed by atoms with Gasteiger partial charge in [-0.25, -0.2) is 4.98 Å². The number of benzene rings is 1. The summed E-state index contributed by atoms with van der Waals surface area (Å²) in [6.45, 7) is 4.33. The molecule has 0 bridgehead atoms. The summed E-state index contributed by atoms with van der Waals surface area (Å²) in [5, 5.41) is 3.47. The van der Waals surface area contributed by atoms with Crippen molar-refractivity contribution in [2.24, 2.45) is 0 Å². The number of hydrogen-bond acceptors (Lipinski definition) is 2. The third-order valence-corrected chi connectivity index (χ3v) is 3.41. The van der Waals surface area contributed by atoms with Gasteiger partial charge in [-0.05, 0) is 38.4 Å². The molecule has 0 radical (unpaired) electrons. The maximum absolute atomic E-state index is 4.62. The molecule has 2 aromatic rings. The average molecular weight is 252 g/mol. The van der Waals surface area contributed by atoms with E-state index in [9.17, 15) is 0 Å². The van der Waals surface area contributed by atoms with Crippen molar-refractivity contribution in [1.29, 1.82) is 0 Å². The monoisotopic (exact) mass is 251 g/mol. The summed E-state index contributed by atoms with van der Waals surface area (Å²) in [6, 6.07) is 8.98. The summed E-state index contributed by atoms with van der Waals surface area (Å²) in [7, 11) is 0. The number of imidazole rings is 1. The molecule has 3 nitrogen and oxygen atoms in total. The highest BCUT2D eigenvalue weighted by Gasteiger charge is 2.18. The fraction of sp³-hybridized carbons (Fsp3) is 0.462. The molecule has 17 heavy (non-hydrogen) atoms. The van der Waals surface area contributed by atoms with Crippen LogP contribution in [-0.2, 0) is 0 Å². The molecule has 1 N–H and O–H groups in total. The molecular weight excluding hydrogens is 234 g/mol. The van der Waals surface area contributed by atoms with Crippen LogP contribution in [0.3, 0.4) is 0 Å². The summed E-state index contributed by atoms with van der Waals surface area (Å²) in [5.41, 5.74) is 2.39. The van der Waals surface area contributed by atoms with Crippen LogP contribution in [0.15, 0.2) is 24.3 Å². The van der Waals surface area contributed by atoms with E-state index in [2.05, 4.69) is 46.1 Å². The Bertz CT molecular complexity index is 500. The molecule has 0 aliphatic carbocycles. The van der Waals surface area contributed by atoms with Crippen molar-refractivity contribution in [3.63, 3.8) is 0 Å². The molecule has 4 heteroatoms. The van der Waals surface area contributed by atoms with Crippen molar-refractivity contribution >= 4 is 23.4 Å². The van der Waals surface area contributed by atoms with Gasteiger partial charge in [0.15, 0.2) is 0 Å². The Morgan fingerprint density at radius 1 is 1.35 bits per heavy atom. The fourth-order valence-electron chi connectivity index (χ4n) is 2.68. The van der Waals surface area contributed by atoms with Gasteiger partial charge in [-0.3, -0.25) is 0 Å². The zero-order chi connectivity index (χ0) is 11.0. The van der Waals surface area contributed by atoms with Crippen LogP contribution in [0.4, 0.5) is 0 Å². The second kappa shape index (κ2) is 5.07. The minimum Gasteiger partial charge on any atom is -0.324 e. The van der Waals surface area contributed by atoms with Crippen molar-refractivity contribution in [3.8, 4) is 0 Å². The summed E-state index contributed by atoms with van der Waals surface area (Å²) in [5.74, 6) is 1.13. The van der Waals surface area contributed by atoms with Crippen molar-refractivity contribution < 1.29 is 0 Å². The second-order valence-electron chi connectivity index (χ2n) is 4.52. The molecule has 0 spiro atoms. The molecule has 1 aromatic carbocycles. The molecule has 1 atom stereocenters. The number of halogens is 1. The standard InChI is InChI=1S/C13H17N3.ClH/c1-10-15-12-6-2-3-7-13(12)16(10)11-5-4-8-14-9-11;/h2-3,6-7,11,14H,4-5,8-9H2,1H3;1H/t11-;/m1./s1. The van der Waals surface area contributed by atoms with E-state index in [0.717, 1.165) is 24.4 Å². The Kier molecular flexibility index (Phi) is 3.69. The lowest BCUT2D eigenvalue weighted by Gasteiger charge is -2.25. The maximum Gasteiger partial charge on any atom is 0.107 e. The van der Waals surface area contributed by atoms with Gasteiger partial charge in [0.25, 0.3) is 0 Å². The van der Waals surface area contributed by atoms with E-state index in [1.165, 1.54) is 18.4 Å². The predicted octanol–water partition coefficient (Wildman–Crippen LogP) is 2.69. The molecule has 2 heterocycles. The van der Waals surface area contributed by atoms with Gasteiger partial charge >= 0.3 is 0 Å². The number of piperidine rings is 1. The molecule has 3 rings (SSSR count). The summed E-state index contributed by atoms with van der Waals surface area (Å²) in [6.07, 6.45) is 2.52. The first-order valence-corrected chi connectivity index (χ1v) is 6.00. The number of fused-ring (bicyclic) bond motifs is 1. The Morgan fingerprint density at radius 3 is 2.94 bits per heavy atom. The first kappa shape index (κ1) is 12.4. The first-order valence-electron chi connectivity index (χ1n) is 6.00. The molecular formula is C13H18ClN3. The third kappa shape index (κ3) is 2.17. The van der Waals surface area contributed by atoms with Crippen LogP contribution in [0, 0.1) is 6.92 Å². The van der Waals surface area contributed by atoms with Gasteiger partial charge in [0.1, 0.15) is 5.82 Å². The highest BCUT2D eigenvalue weighted by molar-refractivity contribution is 5.85. The molecule has 1 aromatic heterocycles. The highest BCUT2D eigenvalue weighted by Crippen LogP contribution is 2.24. The molecule has 0 saturated carbocycles. The van der Waals surface area contributed by atoms with E-state index in [1.54, 1.807) is 0 Å². The molecule has 1 aliphatic rings. The molecule has 1 fully saturated rings. The van der Waals surface area contributed by atoms with Gasteiger partial charge in [0.2, 0.25) is 0 Å². The lowest BCUT2D eigenvalue weighted by molar-refractivity contribution is 0.373. The van der Waals surface area contributed by atoms with Gasteiger partial charge in [-0.2, -0.15) is 0 Å². The fourth-order valence-corrected chi connectivity index (χ4v) is 2.68. The van der Waals surface area contributed by atoms with Crippen LogP contribution in [0.2, 0.25) is 0 Å². The number of rotatable bonds is 1. The normalized spacial score (nSPS) is 20.2. The zero-order valence-electron chi connectivity index (χ0n) is 10.0. The van der Waals surface area contributed by atoms with Crippen molar-refractivity contribution in [3.05, 3.63) is 30.1 Å². The van der Waals surface area contributed by atoms with Gasteiger partial charge in [0, 0.05) is 12.6 Å². The van der Waals surface area contributed by atoms with Gasteiger partial charge < -0.3 is 9.88 Å². The molecule has 1 saturated heterocycles. The first-order chi connectivity index (χ1) is 7.86. The smallest absolute Gasteiger partial charge is 0.107 e. The van der Waals surface area contributed by atoms with Crippen LogP contribution in [0.25, 0.3) is 11.0 Å². The Balaban J connectivity index is 0.00000108. The summed E-state index contributed by atoms with van der Waals surface area (Å²) in [4.78, 5) is 4.62. The van der Waals surface area contributed by atoms with Crippen LogP contribution < -0.4 is 5.32 Å². The number of nitrogens with zero attached hydrogens (tertiary/aromatic N) is 2. The van der Waals surface area contributed by atoms with E-state index in [-0.39, 0.29) is 12.4 Å². The molecule has 0 amide bonds. The maximum atomic E-state index is 4.62. The lowest BCUT2D eigenvalue weighted by Crippen LogP contribution is -2.32. The van der Waals surface area contributed by atoms with E-state index in [0.29, 0.717) is 6.04 Å². The van der Waals surface area contributed by atoms with Crippen LogP contribution in [0.1, 0.15) is 24.7 Å². The Morgan fingerprint density at radius 2 is 2.18 bits per heavy atom. The number of para-hydroxylation sites is 2. The van der Waals surface area contributed by atoms with Crippen LogP contribution in [-0.4, -0.2) is 22.6 Å². The Hall–Kier alpha value is -1.06. The molecule has 1 aliphatic heterocycles. The quantitative estimate of drug-likeness (QED) is 0.845. The SMILES string of the molecule is Cc1nc2ccccc2n1[C@@H]1CCCNC1.Cl. The topological polar surface area (TPSA) is 29.9 Å². The predicted molar refractivity (Wildman–Crippen MR) is 72.9 cm³/mol. The zero-order valence-corrected chi connectivity index (χ0v) is 10.8. The van der Waals surface area contributed by atoms with E-state index < -0.39 is 0 Å². The van der Waals surface area contributed by atoms with Crippen molar-refractivity contribution in [1.82, 2.24) is 14.9 Å². The average Bonchev–Trinajstić information content (AvgIpc) is 2.66. The highest BCUT2D eigenvalue weighted by atomic mass is 35.5. The number of hydrogen-bond donors (Lipinski definition) is 1.